The van der Waals surface area contributed by atoms with Crippen LogP contribution in [-0.4, -0.2) is 6.54 Å². The fraction of sp³-hybridized carbons (Fsp3) is 0.692. The molecule has 2 nitrogen and oxygen atoms in total. The van der Waals surface area contributed by atoms with Crippen LogP contribution in [0.15, 0.2) is 16.5 Å². The third-order valence-electron chi connectivity index (χ3n) is 3.45. The molecule has 90 valence electrons. The highest BCUT2D eigenvalue weighted by atomic mass is 35.5. The molecule has 0 aromatic carbocycles. The van der Waals surface area contributed by atoms with Crippen LogP contribution >= 0.6 is 11.6 Å². The van der Waals surface area contributed by atoms with E-state index in [0.717, 1.165) is 12.3 Å². The zero-order chi connectivity index (χ0) is 11.4. The van der Waals surface area contributed by atoms with Gasteiger partial charge in [-0.1, -0.05) is 26.2 Å². The summed E-state index contributed by atoms with van der Waals surface area (Å²) < 4.78 is 5.55. The lowest BCUT2D eigenvalue weighted by atomic mass is 9.83. The molecule has 0 radical (unpaired) electrons. The van der Waals surface area contributed by atoms with Gasteiger partial charge in [0.25, 0.3) is 0 Å². The van der Waals surface area contributed by atoms with E-state index in [1.165, 1.54) is 32.1 Å². The Kier molecular flexibility index (Phi) is 4.30. The molecule has 0 aliphatic heterocycles. The van der Waals surface area contributed by atoms with Crippen LogP contribution in [-0.2, 0) is 0 Å². The highest BCUT2D eigenvalue weighted by Crippen LogP contribution is 2.35. The van der Waals surface area contributed by atoms with Crippen molar-refractivity contribution in [1.82, 2.24) is 5.32 Å². The molecular weight excluding hydrogens is 222 g/mol. The van der Waals surface area contributed by atoms with Gasteiger partial charge < -0.3 is 9.73 Å². The van der Waals surface area contributed by atoms with E-state index in [1.54, 1.807) is 0 Å². The third-order valence-corrected chi connectivity index (χ3v) is 3.65. The van der Waals surface area contributed by atoms with Crippen LogP contribution in [0.25, 0.3) is 0 Å². The second kappa shape index (κ2) is 5.74. The normalized spacial score (nSPS) is 19.9. The monoisotopic (exact) mass is 241 g/mol. The lowest BCUT2D eigenvalue weighted by Crippen LogP contribution is -2.29. The van der Waals surface area contributed by atoms with Gasteiger partial charge in [0.05, 0.1) is 6.04 Å². The van der Waals surface area contributed by atoms with Crippen molar-refractivity contribution >= 4 is 11.6 Å². The molecule has 1 aliphatic rings. The topological polar surface area (TPSA) is 25.2 Å². The van der Waals surface area contributed by atoms with Gasteiger partial charge in [0, 0.05) is 0 Å². The second-order valence-corrected chi connectivity index (χ2v) is 4.95. The second-order valence-electron chi connectivity index (χ2n) is 4.58. The summed E-state index contributed by atoms with van der Waals surface area (Å²) in [5, 5.41) is 4.02. The molecule has 1 unspecified atom stereocenters. The Hall–Kier alpha value is -0.470. The Morgan fingerprint density at radius 1 is 1.38 bits per heavy atom. The Bertz CT molecular complexity index is 317. The lowest BCUT2D eigenvalue weighted by Gasteiger charge is -2.29. The van der Waals surface area contributed by atoms with Crippen LogP contribution in [0.1, 0.15) is 50.8 Å². The van der Waals surface area contributed by atoms with Gasteiger partial charge in [-0.2, -0.15) is 0 Å². The van der Waals surface area contributed by atoms with Gasteiger partial charge in [0.1, 0.15) is 5.76 Å². The Balaban J connectivity index is 2.09. The van der Waals surface area contributed by atoms with Crippen molar-refractivity contribution < 1.29 is 4.42 Å². The van der Waals surface area contributed by atoms with E-state index < -0.39 is 0 Å². The molecule has 2 rings (SSSR count). The number of hydrogen-bond donors (Lipinski definition) is 1. The predicted octanol–water partition coefficient (Wildman–Crippen LogP) is 4.16. The van der Waals surface area contributed by atoms with Crippen molar-refractivity contribution in [2.24, 2.45) is 5.92 Å². The van der Waals surface area contributed by atoms with Crippen LogP contribution < -0.4 is 5.32 Å². The van der Waals surface area contributed by atoms with E-state index >= 15 is 0 Å². The fourth-order valence-electron chi connectivity index (χ4n) is 2.68. The number of nitrogens with one attached hydrogen (secondary N) is 1. The van der Waals surface area contributed by atoms with Gasteiger partial charge in [-0.25, -0.2) is 0 Å². The average molecular weight is 242 g/mol. The minimum absolute atomic E-state index is 0.345. The van der Waals surface area contributed by atoms with Crippen molar-refractivity contribution in [2.75, 3.05) is 6.54 Å². The van der Waals surface area contributed by atoms with Crippen molar-refractivity contribution in [2.45, 2.75) is 45.1 Å². The Morgan fingerprint density at radius 2 is 2.12 bits per heavy atom. The van der Waals surface area contributed by atoms with E-state index in [4.69, 9.17) is 16.0 Å². The van der Waals surface area contributed by atoms with Gasteiger partial charge in [0.15, 0.2) is 5.22 Å². The minimum Gasteiger partial charge on any atom is -0.448 e. The number of rotatable bonds is 4. The molecule has 0 amide bonds. The quantitative estimate of drug-likeness (QED) is 0.856. The summed E-state index contributed by atoms with van der Waals surface area (Å²) in [6.45, 7) is 3.11. The Labute approximate surface area is 102 Å². The maximum Gasteiger partial charge on any atom is 0.193 e. The highest BCUT2D eigenvalue weighted by molar-refractivity contribution is 6.28. The smallest absolute Gasteiger partial charge is 0.193 e. The van der Waals surface area contributed by atoms with E-state index in [0.29, 0.717) is 17.2 Å². The van der Waals surface area contributed by atoms with Crippen molar-refractivity contribution in [1.29, 1.82) is 0 Å². The average Bonchev–Trinajstić information content (AvgIpc) is 2.74. The zero-order valence-electron chi connectivity index (χ0n) is 9.84. The first-order valence-corrected chi connectivity index (χ1v) is 6.67. The maximum atomic E-state index is 5.85. The summed E-state index contributed by atoms with van der Waals surface area (Å²) in [5.41, 5.74) is 0. The van der Waals surface area contributed by atoms with Crippen molar-refractivity contribution in [3.8, 4) is 0 Å². The van der Waals surface area contributed by atoms with Gasteiger partial charge in [-0.05, 0) is 49.0 Å². The molecular formula is C13H20ClNO. The van der Waals surface area contributed by atoms with Gasteiger partial charge >= 0.3 is 0 Å². The molecule has 1 heterocycles. The molecule has 1 fully saturated rings. The van der Waals surface area contributed by atoms with Crippen LogP contribution in [0.3, 0.4) is 0 Å². The SMILES string of the molecule is CCNC(c1ccc(Cl)o1)C1CCCCC1. The third kappa shape index (κ3) is 2.80. The summed E-state index contributed by atoms with van der Waals surface area (Å²) in [6.07, 6.45) is 6.68. The van der Waals surface area contributed by atoms with E-state index in [1.807, 2.05) is 12.1 Å². The summed E-state index contributed by atoms with van der Waals surface area (Å²) in [5.74, 6) is 1.70. The van der Waals surface area contributed by atoms with E-state index in [9.17, 15) is 0 Å². The number of halogens is 1. The highest BCUT2D eigenvalue weighted by Gasteiger charge is 2.26. The van der Waals surface area contributed by atoms with Crippen LogP contribution in [0.4, 0.5) is 0 Å². The zero-order valence-corrected chi connectivity index (χ0v) is 10.6. The molecule has 1 atom stereocenters. The predicted molar refractivity (Wildman–Crippen MR) is 66.7 cm³/mol. The number of hydrogen-bond acceptors (Lipinski definition) is 2. The summed E-state index contributed by atoms with van der Waals surface area (Å²) in [6, 6.07) is 4.19. The minimum atomic E-state index is 0.345. The molecule has 1 N–H and O–H groups in total. The molecule has 1 saturated carbocycles. The molecule has 1 aromatic heterocycles. The van der Waals surface area contributed by atoms with Crippen molar-refractivity contribution in [3.63, 3.8) is 0 Å². The fourth-order valence-corrected chi connectivity index (χ4v) is 2.83. The molecule has 16 heavy (non-hydrogen) atoms. The van der Waals surface area contributed by atoms with E-state index in [-0.39, 0.29) is 0 Å². The van der Waals surface area contributed by atoms with Crippen LogP contribution in [0.2, 0.25) is 5.22 Å². The van der Waals surface area contributed by atoms with Crippen LogP contribution in [0.5, 0.6) is 0 Å². The molecule has 1 aliphatic carbocycles. The van der Waals surface area contributed by atoms with Crippen molar-refractivity contribution in [3.05, 3.63) is 23.1 Å². The molecule has 0 bridgehead atoms. The summed E-state index contributed by atoms with van der Waals surface area (Å²) in [7, 11) is 0. The first-order valence-electron chi connectivity index (χ1n) is 6.30. The molecule has 0 spiro atoms. The standard InChI is InChI=1S/C13H20ClNO/c1-2-15-13(10-6-4-3-5-7-10)11-8-9-12(14)16-11/h8-10,13,15H,2-7H2,1H3. The lowest BCUT2D eigenvalue weighted by molar-refractivity contribution is 0.247. The van der Waals surface area contributed by atoms with Gasteiger partial charge in [-0.15, -0.1) is 0 Å². The van der Waals surface area contributed by atoms with Gasteiger partial charge in [0.2, 0.25) is 0 Å². The Morgan fingerprint density at radius 3 is 2.69 bits per heavy atom. The summed E-state index contributed by atoms with van der Waals surface area (Å²) in [4.78, 5) is 0. The molecule has 0 saturated heterocycles. The first kappa shape index (κ1) is 12.0. The molecule has 1 aromatic rings. The van der Waals surface area contributed by atoms with Gasteiger partial charge in [-0.3, -0.25) is 0 Å². The molecule has 3 heteroatoms. The first-order chi connectivity index (χ1) is 7.81. The number of furan rings is 1. The largest absolute Gasteiger partial charge is 0.448 e. The van der Waals surface area contributed by atoms with Crippen LogP contribution in [0, 0.1) is 5.92 Å². The van der Waals surface area contributed by atoms with E-state index in [2.05, 4.69) is 12.2 Å². The maximum absolute atomic E-state index is 5.85. The summed E-state index contributed by atoms with van der Waals surface area (Å²) >= 11 is 5.85.